The van der Waals surface area contributed by atoms with Gasteiger partial charge in [0.25, 0.3) is 0 Å². The molecule has 3 amide bonds. The lowest BCUT2D eigenvalue weighted by Crippen LogP contribution is -2.58. The SMILES string of the molecule is C[C@@H](C(=O)N[C@H]1CCO[C@H]2CC3(CCCC3)[C@@H](C(=O)N[C@@H]3CCOc4ccccc43)N2C1=O)N(C)Cl. The number of carbonyl (C=O) groups excluding carboxylic acids is 3. The van der Waals surface area contributed by atoms with E-state index in [1.807, 2.05) is 24.3 Å². The van der Waals surface area contributed by atoms with Crippen molar-refractivity contribution in [2.45, 2.75) is 82.3 Å². The Kier molecular flexibility index (Phi) is 7.16. The highest BCUT2D eigenvalue weighted by atomic mass is 35.5. The fourth-order valence-electron chi connectivity index (χ4n) is 6.34. The molecule has 4 aliphatic rings. The molecular formula is C26H35ClN4O5. The maximum atomic E-state index is 14.0. The molecule has 3 heterocycles. The van der Waals surface area contributed by atoms with Gasteiger partial charge in [-0.3, -0.25) is 14.4 Å². The molecule has 1 saturated carbocycles. The minimum Gasteiger partial charge on any atom is -0.493 e. The number of para-hydroxylation sites is 1. The second-order valence-corrected chi connectivity index (χ2v) is 11.1. The van der Waals surface area contributed by atoms with Crippen LogP contribution < -0.4 is 15.4 Å². The number of halogens is 1. The molecule has 1 aromatic rings. The number of amides is 3. The van der Waals surface area contributed by atoms with Crippen LogP contribution in [0.15, 0.2) is 24.3 Å². The van der Waals surface area contributed by atoms with Gasteiger partial charge in [-0.1, -0.05) is 31.0 Å². The van der Waals surface area contributed by atoms with E-state index >= 15 is 0 Å². The van der Waals surface area contributed by atoms with Crippen molar-refractivity contribution in [2.24, 2.45) is 5.41 Å². The molecule has 0 radical (unpaired) electrons. The van der Waals surface area contributed by atoms with Crippen molar-refractivity contribution >= 4 is 29.5 Å². The van der Waals surface area contributed by atoms with E-state index in [1.165, 1.54) is 4.42 Å². The molecule has 0 unspecified atom stereocenters. The molecule has 5 atom stereocenters. The van der Waals surface area contributed by atoms with Gasteiger partial charge in [0.15, 0.2) is 0 Å². The zero-order valence-corrected chi connectivity index (χ0v) is 21.6. The minimum atomic E-state index is -0.766. The van der Waals surface area contributed by atoms with Crippen LogP contribution in [0.25, 0.3) is 0 Å². The number of fused-ring (bicyclic) bond motifs is 2. The van der Waals surface area contributed by atoms with E-state index in [0.29, 0.717) is 32.5 Å². The molecule has 2 saturated heterocycles. The highest BCUT2D eigenvalue weighted by molar-refractivity contribution is 6.14. The third-order valence-electron chi connectivity index (χ3n) is 8.37. The Morgan fingerprint density at radius 1 is 1.14 bits per heavy atom. The number of nitrogens with one attached hydrogen (secondary N) is 2. The van der Waals surface area contributed by atoms with Crippen molar-refractivity contribution < 1.29 is 23.9 Å². The predicted octanol–water partition coefficient (Wildman–Crippen LogP) is 2.49. The first-order chi connectivity index (χ1) is 17.3. The Bertz CT molecular complexity index is 1010. The van der Waals surface area contributed by atoms with Crippen LogP contribution in [-0.4, -0.2) is 71.7 Å². The second kappa shape index (κ2) is 10.2. The minimum absolute atomic E-state index is 0.154. The van der Waals surface area contributed by atoms with Crippen molar-refractivity contribution in [1.82, 2.24) is 20.0 Å². The van der Waals surface area contributed by atoms with Crippen LogP contribution in [0.2, 0.25) is 0 Å². The van der Waals surface area contributed by atoms with Crippen molar-refractivity contribution in [3.8, 4) is 5.75 Å². The van der Waals surface area contributed by atoms with Gasteiger partial charge in [-0.25, -0.2) is 4.42 Å². The largest absolute Gasteiger partial charge is 0.493 e. The summed E-state index contributed by atoms with van der Waals surface area (Å²) >= 11 is 5.96. The first kappa shape index (κ1) is 25.3. The Hall–Kier alpha value is -2.36. The topological polar surface area (TPSA) is 100 Å². The van der Waals surface area contributed by atoms with E-state index in [1.54, 1.807) is 18.9 Å². The zero-order valence-electron chi connectivity index (χ0n) is 20.9. The number of ether oxygens (including phenoxy) is 2. The highest BCUT2D eigenvalue weighted by Crippen LogP contribution is 2.53. The van der Waals surface area contributed by atoms with Crippen LogP contribution in [-0.2, 0) is 19.1 Å². The number of hydrogen-bond donors (Lipinski definition) is 2. The Morgan fingerprint density at radius 2 is 1.86 bits per heavy atom. The molecule has 1 aliphatic carbocycles. The molecule has 1 spiro atoms. The lowest BCUT2D eigenvalue weighted by Gasteiger charge is -2.37. The van der Waals surface area contributed by atoms with Crippen LogP contribution in [0.3, 0.4) is 0 Å². The lowest BCUT2D eigenvalue weighted by atomic mass is 9.77. The van der Waals surface area contributed by atoms with E-state index in [2.05, 4.69) is 10.6 Å². The molecule has 36 heavy (non-hydrogen) atoms. The second-order valence-electron chi connectivity index (χ2n) is 10.5. The van der Waals surface area contributed by atoms with Gasteiger partial charge in [-0.2, -0.15) is 0 Å². The monoisotopic (exact) mass is 518 g/mol. The van der Waals surface area contributed by atoms with Gasteiger partial charge in [0.1, 0.15) is 30.1 Å². The molecule has 10 heteroatoms. The molecule has 0 aromatic heterocycles. The summed E-state index contributed by atoms with van der Waals surface area (Å²) in [5, 5.41) is 6.10. The van der Waals surface area contributed by atoms with Crippen LogP contribution >= 0.6 is 11.8 Å². The molecular weight excluding hydrogens is 484 g/mol. The number of rotatable bonds is 5. The molecule has 9 nitrogen and oxygen atoms in total. The molecule has 3 fully saturated rings. The van der Waals surface area contributed by atoms with Crippen molar-refractivity contribution in [3.05, 3.63) is 29.8 Å². The van der Waals surface area contributed by atoms with Gasteiger partial charge >= 0.3 is 0 Å². The Balaban J connectivity index is 1.41. The summed E-state index contributed by atoms with van der Waals surface area (Å²) < 4.78 is 13.2. The van der Waals surface area contributed by atoms with E-state index < -0.39 is 24.4 Å². The third-order valence-corrected chi connectivity index (χ3v) is 8.66. The first-order valence-electron chi connectivity index (χ1n) is 13.0. The zero-order chi connectivity index (χ0) is 25.4. The fraction of sp³-hybridized carbons (Fsp3) is 0.654. The van der Waals surface area contributed by atoms with E-state index in [-0.39, 0.29) is 29.2 Å². The standard InChI is InChI=1S/C26H35ClN4O5/c1-16(30(2)27)23(32)29-19-10-14-36-21-15-26(11-5-6-12-26)22(31(21)25(19)34)24(33)28-18-9-13-35-20-8-4-3-7-17(18)20/h3-4,7-8,16,18-19,21-22H,5-6,9-15H2,1-2H3,(H,28,33)(H,29,32)/t16-,18+,19-,21-,22+/m0/s1. The summed E-state index contributed by atoms with van der Waals surface area (Å²) in [6.07, 6.45) is 5.00. The van der Waals surface area contributed by atoms with Crippen molar-refractivity contribution in [2.75, 3.05) is 20.3 Å². The average Bonchev–Trinajstić information content (AvgIpc) is 3.43. The highest BCUT2D eigenvalue weighted by Gasteiger charge is 2.59. The molecule has 0 bridgehead atoms. The summed E-state index contributed by atoms with van der Waals surface area (Å²) in [5.74, 6) is 0.0358. The fourth-order valence-corrected chi connectivity index (χ4v) is 6.43. The summed E-state index contributed by atoms with van der Waals surface area (Å²) in [7, 11) is 1.60. The van der Waals surface area contributed by atoms with Gasteiger partial charge in [-0.05, 0) is 37.6 Å². The van der Waals surface area contributed by atoms with Gasteiger partial charge in [0.2, 0.25) is 17.7 Å². The number of likely N-dealkylation sites (N-methyl/N-ethyl adjacent to an activating group) is 1. The van der Waals surface area contributed by atoms with Crippen LogP contribution in [0, 0.1) is 5.41 Å². The summed E-state index contributed by atoms with van der Waals surface area (Å²) in [6.45, 7) is 2.53. The van der Waals surface area contributed by atoms with E-state index in [4.69, 9.17) is 21.3 Å². The van der Waals surface area contributed by atoms with Gasteiger partial charge < -0.3 is 25.0 Å². The van der Waals surface area contributed by atoms with Crippen LogP contribution in [0.5, 0.6) is 5.75 Å². The Morgan fingerprint density at radius 3 is 2.61 bits per heavy atom. The predicted molar refractivity (Wildman–Crippen MR) is 133 cm³/mol. The Labute approximate surface area is 216 Å². The smallest absolute Gasteiger partial charge is 0.247 e. The third kappa shape index (κ3) is 4.57. The van der Waals surface area contributed by atoms with E-state index in [0.717, 1.165) is 37.0 Å². The number of hydrogen-bond acceptors (Lipinski definition) is 6. The maximum absolute atomic E-state index is 14.0. The molecule has 3 aliphatic heterocycles. The van der Waals surface area contributed by atoms with Crippen molar-refractivity contribution in [3.63, 3.8) is 0 Å². The maximum Gasteiger partial charge on any atom is 0.247 e. The van der Waals surface area contributed by atoms with Crippen LogP contribution in [0.1, 0.15) is 63.5 Å². The number of carbonyl (C=O) groups is 3. The van der Waals surface area contributed by atoms with Gasteiger partial charge in [-0.15, -0.1) is 0 Å². The summed E-state index contributed by atoms with van der Waals surface area (Å²) in [6, 6.07) is 5.55. The van der Waals surface area contributed by atoms with Gasteiger partial charge in [0.05, 0.1) is 19.3 Å². The van der Waals surface area contributed by atoms with E-state index in [9.17, 15) is 14.4 Å². The quantitative estimate of drug-likeness (QED) is 0.581. The summed E-state index contributed by atoms with van der Waals surface area (Å²) in [4.78, 5) is 42.2. The van der Waals surface area contributed by atoms with Crippen LogP contribution in [0.4, 0.5) is 0 Å². The first-order valence-corrected chi connectivity index (χ1v) is 13.3. The number of nitrogens with zero attached hydrogens (tertiary/aromatic N) is 2. The molecule has 5 rings (SSSR count). The molecule has 196 valence electrons. The lowest BCUT2D eigenvalue weighted by molar-refractivity contribution is -0.150. The average molecular weight is 519 g/mol. The van der Waals surface area contributed by atoms with Crippen molar-refractivity contribution in [1.29, 1.82) is 0 Å². The molecule has 2 N–H and O–H groups in total. The molecule has 1 aromatic carbocycles. The number of benzene rings is 1. The normalized spacial score (nSPS) is 29.8. The summed E-state index contributed by atoms with van der Waals surface area (Å²) in [5.41, 5.74) is 0.639. The van der Waals surface area contributed by atoms with Gasteiger partial charge in [0, 0.05) is 37.3 Å².